The second-order valence-corrected chi connectivity index (χ2v) is 5.34. The number of thiophene rings is 1. The highest BCUT2D eigenvalue weighted by atomic mass is 32.1. The molecule has 7 heteroatoms. The highest BCUT2D eigenvalue weighted by Crippen LogP contribution is 2.26. The first kappa shape index (κ1) is 14.3. The van der Waals surface area contributed by atoms with Gasteiger partial charge >= 0.3 is 5.69 Å². The molecule has 0 aliphatic carbocycles. The van der Waals surface area contributed by atoms with Crippen molar-refractivity contribution in [1.82, 2.24) is 4.98 Å². The maximum atomic E-state index is 11.0. The number of pyridine rings is 1. The second-order valence-electron chi connectivity index (χ2n) is 4.31. The predicted octanol–water partition coefficient (Wildman–Crippen LogP) is 3.10. The van der Waals surface area contributed by atoms with Crippen molar-refractivity contribution in [2.24, 2.45) is 0 Å². The number of hydrogen-bond acceptors (Lipinski definition) is 6. The molecule has 1 unspecified atom stereocenters. The fourth-order valence-corrected chi connectivity index (χ4v) is 2.65. The SMILES string of the molecule is COc1ccc([N+](=O)[O-])c(NC(C)Cc2cccs2)n1. The van der Waals surface area contributed by atoms with Crippen LogP contribution >= 0.6 is 11.3 Å². The maximum absolute atomic E-state index is 11.0. The third-order valence-corrected chi connectivity index (χ3v) is 3.62. The van der Waals surface area contributed by atoms with E-state index in [1.54, 1.807) is 11.3 Å². The van der Waals surface area contributed by atoms with Gasteiger partial charge in [0.15, 0.2) is 0 Å². The summed E-state index contributed by atoms with van der Waals surface area (Å²) in [6.45, 7) is 1.96. The van der Waals surface area contributed by atoms with Crippen LogP contribution in [0.3, 0.4) is 0 Å². The number of nitro groups is 1. The minimum absolute atomic E-state index is 0.0342. The van der Waals surface area contributed by atoms with Crippen LogP contribution in [0.15, 0.2) is 29.6 Å². The van der Waals surface area contributed by atoms with Crippen molar-refractivity contribution < 1.29 is 9.66 Å². The maximum Gasteiger partial charge on any atom is 0.311 e. The Labute approximate surface area is 120 Å². The van der Waals surface area contributed by atoms with E-state index in [4.69, 9.17) is 4.74 Å². The highest BCUT2D eigenvalue weighted by molar-refractivity contribution is 7.09. The van der Waals surface area contributed by atoms with Crippen molar-refractivity contribution in [3.05, 3.63) is 44.6 Å². The van der Waals surface area contributed by atoms with Gasteiger partial charge in [0.2, 0.25) is 11.7 Å². The third-order valence-electron chi connectivity index (χ3n) is 2.72. The second kappa shape index (κ2) is 6.33. The van der Waals surface area contributed by atoms with Gasteiger partial charge in [-0.1, -0.05) is 6.07 Å². The predicted molar refractivity (Wildman–Crippen MR) is 78.6 cm³/mol. The third kappa shape index (κ3) is 3.45. The fourth-order valence-electron chi connectivity index (χ4n) is 1.82. The summed E-state index contributed by atoms with van der Waals surface area (Å²) in [6.07, 6.45) is 0.785. The molecule has 0 spiro atoms. The Morgan fingerprint density at radius 1 is 1.50 bits per heavy atom. The normalized spacial score (nSPS) is 11.9. The van der Waals surface area contributed by atoms with Gasteiger partial charge in [-0.2, -0.15) is 4.98 Å². The lowest BCUT2D eigenvalue weighted by Crippen LogP contribution is -2.19. The van der Waals surface area contributed by atoms with Crippen molar-refractivity contribution in [3.8, 4) is 5.88 Å². The smallest absolute Gasteiger partial charge is 0.311 e. The summed E-state index contributed by atoms with van der Waals surface area (Å²) in [4.78, 5) is 15.9. The van der Waals surface area contributed by atoms with Crippen molar-refractivity contribution >= 4 is 22.8 Å². The molecule has 1 atom stereocenters. The highest BCUT2D eigenvalue weighted by Gasteiger charge is 2.18. The number of nitrogens with zero attached hydrogens (tertiary/aromatic N) is 2. The van der Waals surface area contributed by atoms with Crippen LogP contribution in [0.1, 0.15) is 11.8 Å². The standard InChI is InChI=1S/C13H15N3O3S/c1-9(8-10-4-3-7-20-10)14-13-11(16(17)18)5-6-12(15-13)19-2/h3-7,9H,8H2,1-2H3,(H,14,15). The average molecular weight is 293 g/mol. The van der Waals surface area contributed by atoms with Gasteiger partial charge in [0.25, 0.3) is 0 Å². The zero-order valence-corrected chi connectivity index (χ0v) is 12.0. The molecule has 106 valence electrons. The van der Waals surface area contributed by atoms with E-state index in [2.05, 4.69) is 10.3 Å². The number of nitrogens with one attached hydrogen (secondary N) is 1. The van der Waals surface area contributed by atoms with Crippen LogP contribution < -0.4 is 10.1 Å². The molecule has 20 heavy (non-hydrogen) atoms. The van der Waals surface area contributed by atoms with Crippen LogP contribution in [0.5, 0.6) is 5.88 Å². The van der Waals surface area contributed by atoms with E-state index < -0.39 is 4.92 Å². The Hall–Kier alpha value is -2.15. The van der Waals surface area contributed by atoms with Crippen LogP contribution in [-0.4, -0.2) is 23.1 Å². The summed E-state index contributed by atoms with van der Waals surface area (Å²) in [6, 6.07) is 6.93. The number of aromatic nitrogens is 1. The quantitative estimate of drug-likeness (QED) is 0.654. The Kier molecular flexibility index (Phi) is 4.52. The Morgan fingerprint density at radius 3 is 2.90 bits per heavy atom. The van der Waals surface area contributed by atoms with E-state index in [9.17, 15) is 10.1 Å². The lowest BCUT2D eigenvalue weighted by Gasteiger charge is -2.14. The molecule has 2 heterocycles. The summed E-state index contributed by atoms with van der Waals surface area (Å²) in [7, 11) is 1.48. The van der Waals surface area contributed by atoms with E-state index in [-0.39, 0.29) is 17.5 Å². The van der Waals surface area contributed by atoms with Crippen LogP contribution in [0.2, 0.25) is 0 Å². The zero-order valence-electron chi connectivity index (χ0n) is 11.2. The monoisotopic (exact) mass is 293 g/mol. The molecule has 2 rings (SSSR count). The summed E-state index contributed by atoms with van der Waals surface area (Å²) in [5.41, 5.74) is -0.0520. The van der Waals surface area contributed by atoms with Gasteiger partial charge in [0, 0.05) is 29.5 Å². The number of hydrogen-bond donors (Lipinski definition) is 1. The molecule has 1 N–H and O–H groups in total. The van der Waals surface area contributed by atoms with Gasteiger partial charge in [-0.3, -0.25) is 10.1 Å². The number of methoxy groups -OCH3 is 1. The minimum Gasteiger partial charge on any atom is -0.481 e. The van der Waals surface area contributed by atoms with E-state index in [0.29, 0.717) is 5.88 Å². The lowest BCUT2D eigenvalue weighted by atomic mass is 10.2. The molecule has 0 bridgehead atoms. The van der Waals surface area contributed by atoms with Crippen molar-refractivity contribution in [1.29, 1.82) is 0 Å². The summed E-state index contributed by atoms with van der Waals surface area (Å²) in [5.74, 6) is 0.583. The molecular formula is C13H15N3O3S. The molecule has 0 aliphatic rings. The molecule has 6 nitrogen and oxygen atoms in total. The minimum atomic E-state index is -0.452. The Balaban J connectivity index is 2.16. The molecule has 0 saturated heterocycles. The van der Waals surface area contributed by atoms with Crippen molar-refractivity contribution in [3.63, 3.8) is 0 Å². The molecule has 0 saturated carbocycles. The van der Waals surface area contributed by atoms with Crippen molar-refractivity contribution in [2.45, 2.75) is 19.4 Å². The van der Waals surface area contributed by atoms with E-state index >= 15 is 0 Å². The van der Waals surface area contributed by atoms with E-state index in [1.165, 1.54) is 24.1 Å². The van der Waals surface area contributed by atoms with Crippen molar-refractivity contribution in [2.75, 3.05) is 12.4 Å². The molecule has 2 aromatic heterocycles. The number of anilines is 1. The molecule has 0 radical (unpaired) electrons. The van der Waals surface area contributed by atoms with Crippen LogP contribution in [0, 0.1) is 10.1 Å². The molecule has 0 aromatic carbocycles. The Morgan fingerprint density at radius 2 is 2.30 bits per heavy atom. The van der Waals surface area contributed by atoms with E-state index in [0.717, 1.165) is 6.42 Å². The van der Waals surface area contributed by atoms with Gasteiger partial charge in [0.1, 0.15) is 0 Å². The van der Waals surface area contributed by atoms with Gasteiger partial charge in [0.05, 0.1) is 12.0 Å². The van der Waals surface area contributed by atoms with Crippen LogP contribution in [0.25, 0.3) is 0 Å². The van der Waals surface area contributed by atoms with Gasteiger partial charge < -0.3 is 10.1 Å². The first-order valence-corrected chi connectivity index (χ1v) is 6.96. The average Bonchev–Trinajstić information content (AvgIpc) is 2.90. The van der Waals surface area contributed by atoms with Crippen LogP contribution in [-0.2, 0) is 6.42 Å². The molecule has 0 fully saturated rings. The Bertz CT molecular complexity index is 587. The van der Waals surface area contributed by atoms with Crippen LogP contribution in [0.4, 0.5) is 11.5 Å². The molecular weight excluding hydrogens is 278 g/mol. The lowest BCUT2D eigenvalue weighted by molar-refractivity contribution is -0.384. The summed E-state index contributed by atoms with van der Waals surface area (Å²) < 4.78 is 5.01. The van der Waals surface area contributed by atoms with Gasteiger partial charge in [-0.25, -0.2) is 0 Å². The zero-order chi connectivity index (χ0) is 14.5. The molecule has 0 amide bonds. The first-order valence-electron chi connectivity index (χ1n) is 6.08. The molecule has 0 aliphatic heterocycles. The number of rotatable bonds is 6. The summed E-state index contributed by atoms with van der Waals surface area (Å²) in [5, 5.41) is 16.1. The largest absolute Gasteiger partial charge is 0.481 e. The van der Waals surface area contributed by atoms with E-state index in [1.807, 2.05) is 24.4 Å². The fraction of sp³-hybridized carbons (Fsp3) is 0.308. The van der Waals surface area contributed by atoms with Gasteiger partial charge in [-0.05, 0) is 18.4 Å². The van der Waals surface area contributed by atoms with Gasteiger partial charge in [-0.15, -0.1) is 11.3 Å². The summed E-state index contributed by atoms with van der Waals surface area (Å²) >= 11 is 1.66. The molecule has 2 aromatic rings. The topological polar surface area (TPSA) is 77.3 Å². The first-order chi connectivity index (χ1) is 9.60. The number of ether oxygens (including phenoxy) is 1.